The molecule has 0 rings (SSSR count). The van der Waals surface area contributed by atoms with E-state index in [1.807, 2.05) is 6.08 Å². The maximum absolute atomic E-state index is 12.8. The molecular weight excluding hydrogens is 675 g/mol. The highest BCUT2D eigenvalue weighted by atomic mass is 31.2. The van der Waals surface area contributed by atoms with Crippen LogP contribution in [0.2, 0.25) is 0 Å². The third-order valence-electron chi connectivity index (χ3n) is 9.58. The molecule has 9 nitrogen and oxygen atoms in total. The number of nitrogens with one attached hydrogen (secondary N) is 1. The topological polar surface area (TPSA) is 151 Å². The zero-order valence-electron chi connectivity index (χ0n) is 33.7. The van der Waals surface area contributed by atoms with Crippen LogP contribution in [0.3, 0.4) is 0 Å². The van der Waals surface area contributed by atoms with Gasteiger partial charge in [-0.3, -0.25) is 13.8 Å². The molecular formula is C42H83N2O7P. The monoisotopic (exact) mass is 759 g/mol. The summed E-state index contributed by atoms with van der Waals surface area (Å²) in [5.74, 6) is -0.451. The lowest BCUT2D eigenvalue weighted by molar-refractivity contribution is -0.124. The van der Waals surface area contributed by atoms with Crippen LogP contribution >= 0.6 is 7.82 Å². The number of rotatable bonds is 40. The number of carbonyl (C=O) groups excluding carboxylic acids is 1. The lowest BCUT2D eigenvalue weighted by Crippen LogP contribution is -2.46. The Labute approximate surface area is 320 Å². The van der Waals surface area contributed by atoms with Gasteiger partial charge in [-0.1, -0.05) is 173 Å². The Morgan fingerprint density at radius 2 is 1.08 bits per heavy atom. The van der Waals surface area contributed by atoms with Crippen LogP contribution in [0, 0.1) is 0 Å². The van der Waals surface area contributed by atoms with Gasteiger partial charge in [-0.05, 0) is 44.9 Å². The van der Waals surface area contributed by atoms with E-state index in [0.717, 1.165) is 51.4 Å². The molecule has 0 saturated heterocycles. The molecule has 10 heteroatoms. The zero-order valence-corrected chi connectivity index (χ0v) is 34.6. The fraction of sp³-hybridized carbons (Fsp3) is 0.881. The highest BCUT2D eigenvalue weighted by Crippen LogP contribution is 2.43. The average molecular weight is 759 g/mol. The van der Waals surface area contributed by atoms with Gasteiger partial charge < -0.3 is 26.2 Å². The minimum absolute atomic E-state index is 0.0488. The molecule has 52 heavy (non-hydrogen) atoms. The molecule has 0 aliphatic carbocycles. The quantitative estimate of drug-likeness (QED) is 0.0235. The second kappa shape index (κ2) is 38.2. The van der Waals surface area contributed by atoms with E-state index in [2.05, 4.69) is 31.3 Å². The highest BCUT2D eigenvalue weighted by Gasteiger charge is 2.27. The first-order valence-corrected chi connectivity index (χ1v) is 23.0. The Balaban J connectivity index is 4.35. The Bertz CT molecular complexity index is 888. The van der Waals surface area contributed by atoms with Crippen LogP contribution in [0.1, 0.15) is 200 Å². The van der Waals surface area contributed by atoms with Crippen molar-refractivity contribution in [2.24, 2.45) is 5.73 Å². The number of hydrogen-bond acceptors (Lipinski definition) is 7. The number of amides is 1. The van der Waals surface area contributed by atoms with E-state index in [0.29, 0.717) is 6.42 Å². The van der Waals surface area contributed by atoms with Crippen LogP contribution in [-0.4, -0.2) is 59.0 Å². The Kier molecular flexibility index (Phi) is 37.4. The van der Waals surface area contributed by atoms with Crippen LogP contribution in [0.4, 0.5) is 0 Å². The minimum atomic E-state index is -4.40. The van der Waals surface area contributed by atoms with Crippen molar-refractivity contribution in [3.05, 3.63) is 24.3 Å². The number of aliphatic hydroxyl groups excluding tert-OH is 2. The summed E-state index contributed by atoms with van der Waals surface area (Å²) in [6, 6.07) is -0.982. The second-order valence-electron chi connectivity index (χ2n) is 14.7. The third kappa shape index (κ3) is 35.9. The highest BCUT2D eigenvalue weighted by molar-refractivity contribution is 7.47. The lowest BCUT2D eigenvalue weighted by atomic mass is 10.0. The first-order valence-electron chi connectivity index (χ1n) is 21.5. The Morgan fingerprint density at radius 3 is 1.54 bits per heavy atom. The summed E-state index contributed by atoms with van der Waals surface area (Å²) in [5.41, 5.74) is 5.36. The molecule has 6 N–H and O–H groups in total. The van der Waals surface area contributed by atoms with E-state index in [9.17, 15) is 24.5 Å². The van der Waals surface area contributed by atoms with Crippen LogP contribution in [0.5, 0.6) is 0 Å². The summed E-state index contributed by atoms with van der Waals surface area (Å²) < 4.78 is 22.1. The minimum Gasteiger partial charge on any atom is -0.393 e. The molecule has 0 aromatic carbocycles. The van der Waals surface area contributed by atoms with Gasteiger partial charge in [-0.15, -0.1) is 0 Å². The number of allylic oxidation sites excluding steroid dienone is 3. The van der Waals surface area contributed by atoms with E-state index in [4.69, 9.17) is 14.8 Å². The van der Waals surface area contributed by atoms with Crippen molar-refractivity contribution in [3.63, 3.8) is 0 Å². The molecule has 0 fully saturated rings. The smallest absolute Gasteiger partial charge is 0.393 e. The van der Waals surface area contributed by atoms with Crippen molar-refractivity contribution in [3.8, 4) is 0 Å². The number of unbranched alkanes of at least 4 members (excludes halogenated alkanes) is 24. The van der Waals surface area contributed by atoms with E-state index < -0.39 is 38.6 Å². The fourth-order valence-corrected chi connectivity index (χ4v) is 7.05. The number of hydrogen-bond donors (Lipinski definition) is 5. The summed E-state index contributed by atoms with van der Waals surface area (Å²) in [5, 5.41) is 24.0. The number of phosphoric ester groups is 1. The average Bonchev–Trinajstić information content (AvgIpc) is 3.12. The molecule has 1 amide bonds. The van der Waals surface area contributed by atoms with Crippen LogP contribution in [-0.2, 0) is 18.4 Å². The molecule has 0 aliphatic rings. The van der Waals surface area contributed by atoms with Gasteiger partial charge in [0.2, 0.25) is 5.91 Å². The van der Waals surface area contributed by atoms with Gasteiger partial charge in [0, 0.05) is 6.54 Å². The normalized spacial score (nSPS) is 15.0. The molecule has 308 valence electrons. The first kappa shape index (κ1) is 50.9. The first-order chi connectivity index (χ1) is 25.3. The van der Waals surface area contributed by atoms with Gasteiger partial charge in [0.1, 0.15) is 0 Å². The summed E-state index contributed by atoms with van der Waals surface area (Å²) in [7, 11) is -4.40. The number of carbonyl (C=O) groups is 1. The predicted molar refractivity (Wildman–Crippen MR) is 218 cm³/mol. The summed E-state index contributed by atoms with van der Waals surface area (Å²) in [6.07, 6.45) is 39.7. The van der Waals surface area contributed by atoms with Crippen LogP contribution in [0.15, 0.2) is 24.3 Å². The molecule has 0 heterocycles. The van der Waals surface area contributed by atoms with Gasteiger partial charge >= 0.3 is 7.82 Å². The van der Waals surface area contributed by atoms with Crippen LogP contribution in [0.25, 0.3) is 0 Å². The standard InChI is InChI=1S/C42H83N2O7P/c1-3-5-7-9-11-13-15-17-19-21-23-25-27-29-31-33-39(45)37-42(47)44-40(38-51-52(48,49)50-36-35-43)41(46)34-32-30-28-26-24-22-20-18-16-14-12-10-8-6-4-2/h17,19,32,34,39-41,45-46H,3-16,18,20-31,33,35-38,43H2,1-2H3,(H,44,47)(H,48,49)/b19-17-,34-32+. The third-order valence-corrected chi connectivity index (χ3v) is 10.6. The molecule has 0 saturated carbocycles. The van der Waals surface area contributed by atoms with Gasteiger partial charge in [0.05, 0.1) is 37.9 Å². The Morgan fingerprint density at radius 1 is 0.654 bits per heavy atom. The van der Waals surface area contributed by atoms with Crippen molar-refractivity contribution in [1.29, 1.82) is 0 Å². The summed E-state index contributed by atoms with van der Waals surface area (Å²) in [6.45, 7) is 3.96. The van der Waals surface area contributed by atoms with Gasteiger partial charge in [-0.2, -0.15) is 0 Å². The van der Waals surface area contributed by atoms with Crippen molar-refractivity contribution in [1.82, 2.24) is 5.32 Å². The number of aliphatic hydroxyl groups is 2. The van der Waals surface area contributed by atoms with E-state index >= 15 is 0 Å². The molecule has 0 radical (unpaired) electrons. The fourth-order valence-electron chi connectivity index (χ4n) is 6.29. The predicted octanol–water partition coefficient (Wildman–Crippen LogP) is 10.8. The summed E-state index contributed by atoms with van der Waals surface area (Å²) >= 11 is 0. The summed E-state index contributed by atoms with van der Waals surface area (Å²) in [4.78, 5) is 22.7. The van der Waals surface area contributed by atoms with E-state index in [1.54, 1.807) is 6.08 Å². The van der Waals surface area contributed by atoms with Gasteiger partial charge in [0.25, 0.3) is 0 Å². The van der Waals surface area contributed by atoms with E-state index in [-0.39, 0.29) is 19.6 Å². The molecule has 0 aromatic heterocycles. The SMILES string of the molecule is CCCCCCCC/C=C\CCCCCCCC(O)CC(=O)NC(COP(=O)(O)OCCN)C(O)/C=C/CCCCCCCCCCCCCCC. The maximum atomic E-state index is 12.8. The van der Waals surface area contributed by atoms with E-state index in [1.165, 1.54) is 122 Å². The Hall–Kier alpha value is -1.06. The molecule has 4 atom stereocenters. The molecule has 4 unspecified atom stereocenters. The lowest BCUT2D eigenvalue weighted by Gasteiger charge is -2.24. The molecule has 0 bridgehead atoms. The second-order valence-corrected chi connectivity index (χ2v) is 16.2. The number of phosphoric acid groups is 1. The molecule has 0 aliphatic heterocycles. The number of nitrogens with two attached hydrogens (primary N) is 1. The zero-order chi connectivity index (χ0) is 38.4. The van der Waals surface area contributed by atoms with Crippen molar-refractivity contribution in [2.45, 2.75) is 218 Å². The van der Waals surface area contributed by atoms with Gasteiger partial charge in [0.15, 0.2) is 0 Å². The van der Waals surface area contributed by atoms with Crippen LogP contribution < -0.4 is 11.1 Å². The van der Waals surface area contributed by atoms with Crippen molar-refractivity contribution < 1.29 is 33.5 Å². The molecule has 0 aromatic rings. The van der Waals surface area contributed by atoms with Crippen molar-refractivity contribution in [2.75, 3.05) is 19.8 Å². The van der Waals surface area contributed by atoms with Gasteiger partial charge in [-0.25, -0.2) is 4.57 Å². The largest absolute Gasteiger partial charge is 0.472 e. The van der Waals surface area contributed by atoms with Crippen molar-refractivity contribution >= 4 is 13.7 Å². The maximum Gasteiger partial charge on any atom is 0.472 e. The molecule has 0 spiro atoms.